The second-order valence-electron chi connectivity index (χ2n) is 6.92. The number of hydrogen-bond acceptors (Lipinski definition) is 5. The molecule has 0 atom stereocenters. The number of fused-ring (bicyclic) bond motifs is 1. The van der Waals surface area contributed by atoms with Crippen molar-refractivity contribution in [2.45, 2.75) is 12.8 Å². The van der Waals surface area contributed by atoms with E-state index in [0.717, 1.165) is 17.7 Å². The Morgan fingerprint density at radius 3 is 2.03 bits per heavy atom. The van der Waals surface area contributed by atoms with Crippen LogP contribution in [-0.2, 0) is 12.8 Å². The Bertz CT molecular complexity index is 1220. The molecule has 1 heterocycles. The lowest BCUT2D eigenvalue weighted by molar-refractivity contribution is -0.137. The molecule has 0 bridgehead atoms. The standard InChI is InChI=1S/C24H19F3N2O3/c1-30-17-11-18(31-2)13-19(12-17)32-14-22-23(15-6-4-3-5-7-15)29-21-10-16(24(25,26)27)8-9-20(21)28-22/h3-13H,14H2,1-2H3. The zero-order valence-corrected chi connectivity index (χ0v) is 17.3. The van der Waals surface area contributed by atoms with Crippen LogP contribution in [0.3, 0.4) is 0 Å². The van der Waals surface area contributed by atoms with Gasteiger partial charge in [0, 0.05) is 23.8 Å². The Morgan fingerprint density at radius 2 is 1.41 bits per heavy atom. The molecule has 5 nitrogen and oxygen atoms in total. The van der Waals surface area contributed by atoms with Crippen LogP contribution in [0.15, 0.2) is 66.7 Å². The topological polar surface area (TPSA) is 53.5 Å². The summed E-state index contributed by atoms with van der Waals surface area (Å²) in [4.78, 5) is 9.07. The average molecular weight is 440 g/mol. The van der Waals surface area contributed by atoms with Crippen LogP contribution in [-0.4, -0.2) is 24.2 Å². The van der Waals surface area contributed by atoms with Crippen LogP contribution < -0.4 is 14.2 Å². The first-order chi connectivity index (χ1) is 15.4. The van der Waals surface area contributed by atoms with Crippen LogP contribution in [0.1, 0.15) is 11.3 Å². The van der Waals surface area contributed by atoms with Gasteiger partial charge in [-0.1, -0.05) is 30.3 Å². The van der Waals surface area contributed by atoms with Crippen LogP contribution in [0.5, 0.6) is 17.2 Å². The minimum atomic E-state index is -4.46. The smallest absolute Gasteiger partial charge is 0.416 e. The lowest BCUT2D eigenvalue weighted by Crippen LogP contribution is -2.07. The Labute approximate surface area is 182 Å². The molecule has 0 aliphatic rings. The minimum absolute atomic E-state index is 0.0461. The van der Waals surface area contributed by atoms with E-state index in [1.54, 1.807) is 18.2 Å². The Kier molecular flexibility index (Phi) is 5.85. The molecule has 8 heteroatoms. The van der Waals surface area contributed by atoms with Crippen LogP contribution >= 0.6 is 0 Å². The van der Waals surface area contributed by atoms with Crippen LogP contribution in [0.2, 0.25) is 0 Å². The Morgan fingerprint density at radius 1 is 0.750 bits per heavy atom. The molecule has 32 heavy (non-hydrogen) atoms. The fourth-order valence-corrected chi connectivity index (χ4v) is 3.21. The summed E-state index contributed by atoms with van der Waals surface area (Å²) in [6, 6.07) is 17.6. The highest BCUT2D eigenvalue weighted by Crippen LogP contribution is 2.33. The van der Waals surface area contributed by atoms with E-state index in [1.807, 2.05) is 30.3 Å². The van der Waals surface area contributed by atoms with Gasteiger partial charge in [0.25, 0.3) is 0 Å². The van der Waals surface area contributed by atoms with Gasteiger partial charge < -0.3 is 14.2 Å². The van der Waals surface area contributed by atoms with Crippen molar-refractivity contribution >= 4 is 11.0 Å². The molecule has 0 radical (unpaired) electrons. The van der Waals surface area contributed by atoms with E-state index in [4.69, 9.17) is 14.2 Å². The molecule has 3 aromatic carbocycles. The number of hydrogen-bond donors (Lipinski definition) is 0. The molecule has 164 valence electrons. The quantitative estimate of drug-likeness (QED) is 0.373. The number of methoxy groups -OCH3 is 2. The van der Waals surface area contributed by atoms with Crippen LogP contribution in [0.4, 0.5) is 13.2 Å². The summed E-state index contributed by atoms with van der Waals surface area (Å²) in [5.41, 5.74) is 1.40. The van der Waals surface area contributed by atoms with E-state index in [0.29, 0.717) is 34.2 Å². The van der Waals surface area contributed by atoms with Crippen LogP contribution in [0, 0.1) is 0 Å². The molecule has 1 aromatic heterocycles. The summed E-state index contributed by atoms with van der Waals surface area (Å²) in [6.45, 7) is 0.0461. The predicted molar refractivity (Wildman–Crippen MR) is 114 cm³/mol. The fourth-order valence-electron chi connectivity index (χ4n) is 3.21. The van der Waals surface area contributed by atoms with E-state index in [2.05, 4.69) is 9.97 Å². The Balaban J connectivity index is 1.76. The second kappa shape index (κ2) is 8.74. The first-order valence-corrected chi connectivity index (χ1v) is 9.66. The van der Waals surface area contributed by atoms with Crippen molar-refractivity contribution in [3.63, 3.8) is 0 Å². The molecular weight excluding hydrogens is 421 g/mol. The van der Waals surface area contributed by atoms with Gasteiger partial charge in [-0.15, -0.1) is 0 Å². The van der Waals surface area contributed by atoms with Crippen molar-refractivity contribution in [1.82, 2.24) is 9.97 Å². The van der Waals surface area contributed by atoms with Gasteiger partial charge >= 0.3 is 6.18 Å². The SMILES string of the molecule is COc1cc(OC)cc(OCc2nc3ccc(C(F)(F)F)cc3nc2-c2ccccc2)c1. The molecule has 4 aromatic rings. The zero-order valence-electron chi connectivity index (χ0n) is 17.3. The molecule has 0 unspecified atom stereocenters. The lowest BCUT2D eigenvalue weighted by Gasteiger charge is -2.14. The summed E-state index contributed by atoms with van der Waals surface area (Å²) < 4.78 is 55.9. The zero-order chi connectivity index (χ0) is 22.7. The number of nitrogens with zero attached hydrogens (tertiary/aromatic N) is 2. The Hall–Kier alpha value is -3.81. The molecule has 0 aliphatic carbocycles. The maximum Gasteiger partial charge on any atom is 0.416 e. The van der Waals surface area contributed by atoms with Gasteiger partial charge in [0.2, 0.25) is 0 Å². The highest BCUT2D eigenvalue weighted by Gasteiger charge is 2.30. The van der Waals surface area contributed by atoms with Crippen molar-refractivity contribution in [3.8, 4) is 28.5 Å². The van der Waals surface area contributed by atoms with Crippen molar-refractivity contribution in [3.05, 3.63) is 78.0 Å². The van der Waals surface area contributed by atoms with Crippen molar-refractivity contribution in [2.75, 3.05) is 14.2 Å². The monoisotopic (exact) mass is 440 g/mol. The normalized spacial score (nSPS) is 11.4. The number of halogens is 3. The summed E-state index contributed by atoms with van der Waals surface area (Å²) in [5.74, 6) is 1.62. The van der Waals surface area contributed by atoms with Gasteiger partial charge in [-0.25, -0.2) is 9.97 Å². The van der Waals surface area contributed by atoms with E-state index in [9.17, 15) is 13.2 Å². The molecule has 0 saturated heterocycles. The van der Waals surface area contributed by atoms with E-state index in [1.165, 1.54) is 20.3 Å². The van der Waals surface area contributed by atoms with Gasteiger partial charge in [-0.3, -0.25) is 0 Å². The van der Waals surface area contributed by atoms with Gasteiger partial charge in [0.1, 0.15) is 29.5 Å². The average Bonchev–Trinajstić information content (AvgIpc) is 2.81. The van der Waals surface area contributed by atoms with Gasteiger partial charge in [0.05, 0.1) is 36.5 Å². The van der Waals surface area contributed by atoms with Crippen molar-refractivity contribution in [2.24, 2.45) is 0 Å². The van der Waals surface area contributed by atoms with Crippen molar-refractivity contribution < 1.29 is 27.4 Å². The highest BCUT2D eigenvalue weighted by atomic mass is 19.4. The van der Waals surface area contributed by atoms with Crippen molar-refractivity contribution in [1.29, 1.82) is 0 Å². The third kappa shape index (κ3) is 4.59. The van der Waals surface area contributed by atoms with E-state index < -0.39 is 11.7 Å². The molecule has 0 amide bonds. The summed E-state index contributed by atoms with van der Waals surface area (Å²) in [6.07, 6.45) is -4.46. The fraction of sp³-hybridized carbons (Fsp3) is 0.167. The lowest BCUT2D eigenvalue weighted by atomic mass is 10.1. The largest absolute Gasteiger partial charge is 0.496 e. The highest BCUT2D eigenvalue weighted by molar-refractivity contribution is 5.79. The third-order valence-corrected chi connectivity index (χ3v) is 4.81. The first-order valence-electron chi connectivity index (χ1n) is 9.66. The number of alkyl halides is 3. The molecular formula is C24H19F3N2O3. The maximum absolute atomic E-state index is 13.2. The molecule has 0 saturated carbocycles. The number of rotatable bonds is 6. The first kappa shape index (κ1) is 21.4. The minimum Gasteiger partial charge on any atom is -0.496 e. The number of ether oxygens (including phenoxy) is 3. The van der Waals surface area contributed by atoms with Crippen LogP contribution in [0.25, 0.3) is 22.3 Å². The number of benzene rings is 3. The molecule has 0 spiro atoms. The van der Waals surface area contributed by atoms with E-state index in [-0.39, 0.29) is 12.1 Å². The third-order valence-electron chi connectivity index (χ3n) is 4.81. The molecule has 0 fully saturated rings. The second-order valence-corrected chi connectivity index (χ2v) is 6.92. The summed E-state index contributed by atoms with van der Waals surface area (Å²) >= 11 is 0. The number of aromatic nitrogens is 2. The molecule has 0 N–H and O–H groups in total. The summed E-state index contributed by atoms with van der Waals surface area (Å²) in [7, 11) is 3.08. The van der Waals surface area contributed by atoms with E-state index >= 15 is 0 Å². The van der Waals surface area contributed by atoms with Gasteiger partial charge in [0.15, 0.2) is 0 Å². The maximum atomic E-state index is 13.2. The molecule has 0 aliphatic heterocycles. The van der Waals surface area contributed by atoms with Gasteiger partial charge in [-0.2, -0.15) is 13.2 Å². The van der Waals surface area contributed by atoms with Gasteiger partial charge in [-0.05, 0) is 18.2 Å². The molecule has 4 rings (SSSR count). The predicted octanol–water partition coefficient (Wildman–Crippen LogP) is 5.91. The summed E-state index contributed by atoms with van der Waals surface area (Å²) in [5, 5.41) is 0.